The van der Waals surface area contributed by atoms with E-state index < -0.39 is 0 Å². The second kappa shape index (κ2) is 5.98. The maximum absolute atomic E-state index is 6.05. The first kappa shape index (κ1) is 13.1. The summed E-state index contributed by atoms with van der Waals surface area (Å²) in [7, 11) is 0. The van der Waals surface area contributed by atoms with Gasteiger partial charge in [-0.05, 0) is 37.5 Å². The molecular weight excluding hydrogens is 256 g/mol. The maximum Gasteiger partial charge on any atom is 0.138 e. The summed E-state index contributed by atoms with van der Waals surface area (Å²) >= 11 is 7.79. The van der Waals surface area contributed by atoms with Crippen molar-refractivity contribution in [2.75, 3.05) is 13.2 Å². The molecule has 0 spiro atoms. The molecule has 1 aliphatic rings. The molecule has 0 aromatic heterocycles. The molecular formula is C13H17ClO2S. The van der Waals surface area contributed by atoms with E-state index in [4.69, 9.17) is 21.1 Å². The Balaban J connectivity index is 2.03. The Labute approximate surface area is 112 Å². The monoisotopic (exact) mass is 272 g/mol. The molecule has 0 saturated carbocycles. The van der Waals surface area contributed by atoms with Crippen LogP contribution in [-0.2, 0) is 4.74 Å². The van der Waals surface area contributed by atoms with Crippen molar-refractivity contribution in [1.82, 2.24) is 0 Å². The van der Waals surface area contributed by atoms with Gasteiger partial charge in [0.05, 0.1) is 18.2 Å². The average Bonchev–Trinajstić information content (AvgIpc) is 2.69. The molecule has 17 heavy (non-hydrogen) atoms. The van der Waals surface area contributed by atoms with Crippen molar-refractivity contribution in [1.29, 1.82) is 0 Å². The SMILES string of the molecule is CCOc1cc(SC2C[C@@H](C)CO2)ccc1Cl. The van der Waals surface area contributed by atoms with E-state index in [1.165, 1.54) is 0 Å². The molecule has 0 amide bonds. The Bertz CT molecular complexity index is 384. The van der Waals surface area contributed by atoms with Crippen LogP contribution in [0, 0.1) is 5.92 Å². The van der Waals surface area contributed by atoms with Crippen LogP contribution < -0.4 is 4.74 Å². The topological polar surface area (TPSA) is 18.5 Å². The molecule has 0 aliphatic carbocycles. The Morgan fingerprint density at radius 2 is 2.35 bits per heavy atom. The van der Waals surface area contributed by atoms with Gasteiger partial charge in [-0.2, -0.15) is 0 Å². The lowest BCUT2D eigenvalue weighted by molar-refractivity contribution is 0.166. The van der Waals surface area contributed by atoms with Gasteiger partial charge in [0.1, 0.15) is 11.2 Å². The molecule has 2 rings (SSSR count). The zero-order chi connectivity index (χ0) is 12.3. The first-order valence-electron chi connectivity index (χ1n) is 5.89. The van der Waals surface area contributed by atoms with E-state index in [0.717, 1.165) is 23.7 Å². The molecule has 0 N–H and O–H groups in total. The van der Waals surface area contributed by atoms with Gasteiger partial charge >= 0.3 is 0 Å². The fourth-order valence-corrected chi connectivity index (χ4v) is 3.16. The number of rotatable bonds is 4. The van der Waals surface area contributed by atoms with Crippen molar-refractivity contribution < 1.29 is 9.47 Å². The standard InChI is InChI=1S/C13H17ClO2S/c1-3-15-12-7-10(4-5-11(12)14)17-13-6-9(2)8-16-13/h4-5,7,9,13H,3,6,8H2,1-2H3/t9-,13?/m1/s1. The van der Waals surface area contributed by atoms with Crippen molar-refractivity contribution in [2.45, 2.75) is 30.6 Å². The first-order valence-corrected chi connectivity index (χ1v) is 7.15. The highest BCUT2D eigenvalue weighted by Crippen LogP contribution is 2.36. The maximum atomic E-state index is 6.05. The lowest BCUT2D eigenvalue weighted by Gasteiger charge is -2.11. The number of hydrogen-bond acceptors (Lipinski definition) is 3. The highest BCUT2D eigenvalue weighted by atomic mass is 35.5. The molecule has 1 unspecified atom stereocenters. The van der Waals surface area contributed by atoms with Crippen molar-refractivity contribution in [3.63, 3.8) is 0 Å². The molecule has 4 heteroatoms. The lowest BCUT2D eigenvalue weighted by atomic mass is 10.2. The summed E-state index contributed by atoms with van der Waals surface area (Å²) < 4.78 is 11.2. The van der Waals surface area contributed by atoms with Gasteiger partial charge in [-0.1, -0.05) is 30.3 Å². The van der Waals surface area contributed by atoms with Crippen molar-refractivity contribution in [3.8, 4) is 5.75 Å². The van der Waals surface area contributed by atoms with Gasteiger partial charge in [-0.15, -0.1) is 0 Å². The normalized spacial score (nSPS) is 23.9. The Hall–Kier alpha value is -0.380. The summed E-state index contributed by atoms with van der Waals surface area (Å²) in [6, 6.07) is 5.89. The van der Waals surface area contributed by atoms with Gasteiger partial charge in [0, 0.05) is 4.90 Å². The van der Waals surface area contributed by atoms with Crippen molar-refractivity contribution >= 4 is 23.4 Å². The number of ether oxygens (including phenoxy) is 2. The molecule has 2 atom stereocenters. The lowest BCUT2D eigenvalue weighted by Crippen LogP contribution is -1.98. The van der Waals surface area contributed by atoms with Crippen LogP contribution in [0.4, 0.5) is 0 Å². The van der Waals surface area contributed by atoms with Crippen LogP contribution in [0.2, 0.25) is 5.02 Å². The first-order chi connectivity index (χ1) is 8.19. The van der Waals surface area contributed by atoms with Crippen LogP contribution in [0.25, 0.3) is 0 Å². The third-order valence-electron chi connectivity index (χ3n) is 2.63. The Morgan fingerprint density at radius 1 is 1.53 bits per heavy atom. The Kier molecular flexibility index (Phi) is 4.60. The molecule has 1 aromatic carbocycles. The molecule has 0 bridgehead atoms. The second-order valence-electron chi connectivity index (χ2n) is 4.25. The smallest absolute Gasteiger partial charge is 0.138 e. The predicted octanol–water partition coefficient (Wildman–Crippen LogP) is 4.21. The van der Waals surface area contributed by atoms with Gasteiger partial charge in [-0.3, -0.25) is 0 Å². The molecule has 2 nitrogen and oxygen atoms in total. The summed E-state index contributed by atoms with van der Waals surface area (Å²) in [6.07, 6.45) is 1.11. The van der Waals surface area contributed by atoms with Gasteiger partial charge in [0.2, 0.25) is 0 Å². The van der Waals surface area contributed by atoms with E-state index in [1.807, 2.05) is 25.1 Å². The van der Waals surface area contributed by atoms with E-state index in [0.29, 0.717) is 17.5 Å². The van der Waals surface area contributed by atoms with Crippen molar-refractivity contribution in [2.24, 2.45) is 5.92 Å². The van der Waals surface area contributed by atoms with Crippen LogP contribution in [0.15, 0.2) is 23.1 Å². The summed E-state index contributed by atoms with van der Waals surface area (Å²) in [6.45, 7) is 5.67. The van der Waals surface area contributed by atoms with Gasteiger partial charge < -0.3 is 9.47 Å². The summed E-state index contributed by atoms with van der Waals surface area (Å²) in [5.41, 5.74) is 0.264. The minimum Gasteiger partial charge on any atom is -0.492 e. The number of halogens is 1. The zero-order valence-electron chi connectivity index (χ0n) is 10.1. The summed E-state index contributed by atoms with van der Waals surface area (Å²) in [4.78, 5) is 1.15. The quantitative estimate of drug-likeness (QED) is 0.818. The molecule has 94 valence electrons. The minimum atomic E-state index is 0.264. The van der Waals surface area contributed by atoms with Crippen LogP contribution in [0.1, 0.15) is 20.3 Å². The third-order valence-corrected chi connectivity index (χ3v) is 4.06. The minimum absolute atomic E-state index is 0.264. The fourth-order valence-electron chi connectivity index (χ4n) is 1.79. The molecule has 1 aromatic rings. The highest BCUT2D eigenvalue weighted by Gasteiger charge is 2.23. The number of hydrogen-bond donors (Lipinski definition) is 0. The van der Waals surface area contributed by atoms with Gasteiger partial charge in [-0.25, -0.2) is 0 Å². The molecule has 0 radical (unpaired) electrons. The second-order valence-corrected chi connectivity index (χ2v) is 5.89. The Morgan fingerprint density at radius 3 is 3.00 bits per heavy atom. The fraction of sp³-hybridized carbons (Fsp3) is 0.538. The summed E-state index contributed by atoms with van der Waals surface area (Å²) in [5.74, 6) is 1.41. The molecule has 1 saturated heterocycles. The van der Waals surface area contributed by atoms with Crippen LogP contribution >= 0.6 is 23.4 Å². The highest BCUT2D eigenvalue weighted by molar-refractivity contribution is 7.99. The van der Waals surface area contributed by atoms with Gasteiger partial charge in [0.25, 0.3) is 0 Å². The van der Waals surface area contributed by atoms with Gasteiger partial charge in [0.15, 0.2) is 0 Å². The van der Waals surface area contributed by atoms with E-state index in [-0.39, 0.29) is 5.44 Å². The van der Waals surface area contributed by atoms with Crippen LogP contribution in [0.3, 0.4) is 0 Å². The average molecular weight is 273 g/mol. The molecule has 1 aliphatic heterocycles. The predicted molar refractivity (Wildman–Crippen MR) is 72.0 cm³/mol. The van der Waals surface area contributed by atoms with E-state index in [9.17, 15) is 0 Å². The molecule has 1 heterocycles. The van der Waals surface area contributed by atoms with E-state index >= 15 is 0 Å². The third kappa shape index (κ3) is 3.54. The van der Waals surface area contributed by atoms with E-state index in [2.05, 4.69) is 6.92 Å². The number of thioether (sulfide) groups is 1. The molecule has 1 fully saturated rings. The van der Waals surface area contributed by atoms with Crippen molar-refractivity contribution in [3.05, 3.63) is 23.2 Å². The van der Waals surface area contributed by atoms with Crippen LogP contribution in [0.5, 0.6) is 5.75 Å². The zero-order valence-corrected chi connectivity index (χ0v) is 11.7. The largest absolute Gasteiger partial charge is 0.492 e. The van der Waals surface area contributed by atoms with Crippen LogP contribution in [-0.4, -0.2) is 18.6 Å². The number of benzene rings is 1. The van der Waals surface area contributed by atoms with E-state index in [1.54, 1.807) is 11.8 Å². The summed E-state index contributed by atoms with van der Waals surface area (Å²) in [5, 5.41) is 0.664.